The van der Waals surface area contributed by atoms with Gasteiger partial charge in [-0.15, -0.1) is 0 Å². The van der Waals surface area contributed by atoms with Crippen LogP contribution in [0.15, 0.2) is 82.0 Å². The predicted octanol–water partition coefficient (Wildman–Crippen LogP) is 5.68. The van der Waals surface area contributed by atoms with Crippen LogP contribution in [0.25, 0.3) is 28.2 Å². The Labute approximate surface area is 198 Å². The van der Waals surface area contributed by atoms with Gasteiger partial charge in [0, 0.05) is 34.8 Å². The number of hydrogen-bond donors (Lipinski definition) is 1. The highest BCUT2D eigenvalue weighted by molar-refractivity contribution is 6.32. The first-order valence-corrected chi connectivity index (χ1v) is 10.4. The highest BCUT2D eigenvalue weighted by atomic mass is 35.5. The molecule has 9 heteroatoms. The van der Waals surface area contributed by atoms with Crippen LogP contribution in [-0.4, -0.2) is 17.9 Å². The minimum Gasteiger partial charge on any atom is -0.496 e. The second-order valence-corrected chi connectivity index (χ2v) is 7.60. The van der Waals surface area contributed by atoms with Crippen LogP contribution >= 0.6 is 11.6 Å². The van der Waals surface area contributed by atoms with E-state index in [9.17, 15) is 19.7 Å². The number of carbonyl (C=O) groups excluding carboxylic acids is 1. The number of hydrogen-bond acceptors (Lipinski definition) is 6. The van der Waals surface area contributed by atoms with Gasteiger partial charge in [0.1, 0.15) is 16.4 Å². The minimum atomic E-state index is -0.594. The number of halogens is 1. The number of anilines is 1. The Morgan fingerprint density at radius 2 is 1.88 bits per heavy atom. The molecule has 1 N–H and O–H groups in total. The standard InChI is InChI=1S/C25H17ClN2O6/c1-33-23-14-17(27-24(29)11-7-15-6-10-20(26)21(12-15)28(31)32)8-9-18(23)19-13-16-4-2-3-5-22(16)34-25(19)30/h2-14H,1H3,(H,27,29)/b11-7+. The smallest absolute Gasteiger partial charge is 0.344 e. The third kappa shape index (κ3) is 4.82. The third-order valence-electron chi connectivity index (χ3n) is 4.99. The van der Waals surface area contributed by atoms with Crippen LogP contribution in [-0.2, 0) is 4.79 Å². The highest BCUT2D eigenvalue weighted by Crippen LogP contribution is 2.32. The largest absolute Gasteiger partial charge is 0.496 e. The SMILES string of the molecule is COc1cc(NC(=O)/C=C/c2ccc(Cl)c([N+](=O)[O-])c2)ccc1-c1cc2ccccc2oc1=O. The van der Waals surface area contributed by atoms with Gasteiger partial charge in [-0.2, -0.15) is 0 Å². The van der Waals surface area contributed by atoms with Crippen LogP contribution in [0, 0.1) is 10.1 Å². The molecule has 1 heterocycles. The molecule has 0 saturated carbocycles. The minimum absolute atomic E-state index is 0.0132. The Bertz CT molecular complexity index is 1510. The van der Waals surface area contributed by atoms with Gasteiger partial charge >= 0.3 is 5.63 Å². The van der Waals surface area contributed by atoms with Crippen LogP contribution in [0.3, 0.4) is 0 Å². The molecule has 1 aromatic heterocycles. The molecule has 0 atom stereocenters. The van der Waals surface area contributed by atoms with Crippen molar-refractivity contribution in [1.82, 2.24) is 0 Å². The number of methoxy groups -OCH3 is 1. The molecule has 0 bridgehead atoms. The molecular formula is C25H17ClN2O6. The van der Waals surface area contributed by atoms with Crippen molar-refractivity contribution in [3.8, 4) is 16.9 Å². The molecular weight excluding hydrogens is 460 g/mol. The van der Waals surface area contributed by atoms with Gasteiger partial charge in [0.2, 0.25) is 5.91 Å². The molecule has 0 radical (unpaired) electrons. The van der Waals surface area contributed by atoms with E-state index in [1.165, 1.54) is 31.4 Å². The van der Waals surface area contributed by atoms with Crippen molar-refractivity contribution < 1.29 is 18.9 Å². The van der Waals surface area contributed by atoms with E-state index in [0.29, 0.717) is 33.7 Å². The number of para-hydroxylation sites is 1. The first-order chi connectivity index (χ1) is 16.4. The first kappa shape index (κ1) is 22.8. The number of rotatable bonds is 6. The van der Waals surface area contributed by atoms with Gasteiger partial charge in [0.05, 0.1) is 17.6 Å². The maximum Gasteiger partial charge on any atom is 0.344 e. The van der Waals surface area contributed by atoms with E-state index >= 15 is 0 Å². The van der Waals surface area contributed by atoms with E-state index in [2.05, 4.69) is 5.32 Å². The van der Waals surface area contributed by atoms with Crippen molar-refractivity contribution in [1.29, 1.82) is 0 Å². The van der Waals surface area contributed by atoms with Crippen molar-refractivity contribution in [2.45, 2.75) is 0 Å². The summed E-state index contributed by atoms with van der Waals surface area (Å²) in [5.41, 5.74) is 1.46. The van der Waals surface area contributed by atoms with Gasteiger partial charge in [0.25, 0.3) is 5.69 Å². The highest BCUT2D eigenvalue weighted by Gasteiger charge is 2.14. The average molecular weight is 477 g/mol. The fraction of sp³-hybridized carbons (Fsp3) is 0.0400. The number of ether oxygens (including phenoxy) is 1. The number of carbonyl (C=O) groups is 1. The molecule has 1 amide bonds. The van der Waals surface area contributed by atoms with Gasteiger partial charge in [-0.1, -0.05) is 35.9 Å². The summed E-state index contributed by atoms with van der Waals surface area (Å²) in [6.45, 7) is 0. The lowest BCUT2D eigenvalue weighted by Crippen LogP contribution is -2.08. The van der Waals surface area contributed by atoms with E-state index in [1.807, 2.05) is 12.1 Å². The normalized spacial score (nSPS) is 11.0. The zero-order valence-electron chi connectivity index (χ0n) is 17.8. The zero-order chi connectivity index (χ0) is 24.2. The Kier molecular flexibility index (Phi) is 6.42. The molecule has 0 spiro atoms. The van der Waals surface area contributed by atoms with Crippen LogP contribution in [0.1, 0.15) is 5.56 Å². The lowest BCUT2D eigenvalue weighted by Gasteiger charge is -2.11. The van der Waals surface area contributed by atoms with E-state index in [0.717, 1.165) is 5.39 Å². The fourth-order valence-electron chi connectivity index (χ4n) is 3.37. The molecule has 0 aliphatic rings. The number of benzene rings is 3. The van der Waals surface area contributed by atoms with Gasteiger partial charge < -0.3 is 14.5 Å². The molecule has 34 heavy (non-hydrogen) atoms. The van der Waals surface area contributed by atoms with Crippen molar-refractivity contribution >= 4 is 45.9 Å². The zero-order valence-corrected chi connectivity index (χ0v) is 18.5. The first-order valence-electron chi connectivity index (χ1n) is 10.00. The predicted molar refractivity (Wildman–Crippen MR) is 130 cm³/mol. The van der Waals surface area contributed by atoms with Crippen LogP contribution in [0.4, 0.5) is 11.4 Å². The Balaban J connectivity index is 1.57. The van der Waals surface area contributed by atoms with Gasteiger partial charge in [-0.3, -0.25) is 14.9 Å². The summed E-state index contributed by atoms with van der Waals surface area (Å²) in [6, 6.07) is 18.0. The van der Waals surface area contributed by atoms with Crippen LogP contribution in [0.5, 0.6) is 5.75 Å². The summed E-state index contributed by atoms with van der Waals surface area (Å²) >= 11 is 5.80. The summed E-state index contributed by atoms with van der Waals surface area (Å²) < 4.78 is 10.8. The van der Waals surface area contributed by atoms with Crippen molar-refractivity contribution in [3.05, 3.63) is 104 Å². The molecule has 0 unspecified atom stereocenters. The maximum absolute atomic E-state index is 12.5. The molecule has 0 aliphatic carbocycles. The van der Waals surface area contributed by atoms with E-state index < -0.39 is 16.5 Å². The Morgan fingerprint density at radius 1 is 1.09 bits per heavy atom. The fourth-order valence-corrected chi connectivity index (χ4v) is 3.56. The van der Waals surface area contributed by atoms with E-state index in [4.69, 9.17) is 20.8 Å². The Hall–Kier alpha value is -4.43. The molecule has 0 saturated heterocycles. The molecule has 0 fully saturated rings. The lowest BCUT2D eigenvalue weighted by atomic mass is 10.0. The van der Waals surface area contributed by atoms with Gasteiger partial charge in [-0.25, -0.2) is 4.79 Å². The molecule has 170 valence electrons. The average Bonchev–Trinajstić information content (AvgIpc) is 2.83. The number of nitro groups is 1. The van der Waals surface area contributed by atoms with Crippen LogP contribution < -0.4 is 15.7 Å². The monoisotopic (exact) mass is 476 g/mol. The van der Waals surface area contributed by atoms with Gasteiger partial charge in [0.15, 0.2) is 0 Å². The van der Waals surface area contributed by atoms with E-state index in [1.54, 1.807) is 42.5 Å². The quantitative estimate of drug-likeness (QED) is 0.166. The van der Waals surface area contributed by atoms with E-state index in [-0.39, 0.29) is 10.7 Å². The molecule has 4 rings (SSSR count). The Morgan fingerprint density at radius 3 is 2.65 bits per heavy atom. The lowest BCUT2D eigenvalue weighted by molar-refractivity contribution is -0.384. The molecule has 3 aromatic carbocycles. The van der Waals surface area contributed by atoms with Crippen LogP contribution in [0.2, 0.25) is 5.02 Å². The van der Waals surface area contributed by atoms with Crippen molar-refractivity contribution in [2.24, 2.45) is 0 Å². The van der Waals surface area contributed by atoms with Crippen molar-refractivity contribution in [3.63, 3.8) is 0 Å². The second-order valence-electron chi connectivity index (χ2n) is 7.19. The number of fused-ring (bicyclic) bond motifs is 1. The second kappa shape index (κ2) is 9.60. The molecule has 8 nitrogen and oxygen atoms in total. The summed E-state index contributed by atoms with van der Waals surface area (Å²) in [7, 11) is 1.46. The number of nitrogens with zero attached hydrogens (tertiary/aromatic N) is 1. The van der Waals surface area contributed by atoms with Crippen molar-refractivity contribution in [2.75, 3.05) is 12.4 Å². The third-order valence-corrected chi connectivity index (χ3v) is 5.31. The number of nitrogens with one attached hydrogen (secondary N) is 1. The molecule has 0 aliphatic heterocycles. The topological polar surface area (TPSA) is 112 Å². The molecule has 4 aromatic rings. The van der Waals surface area contributed by atoms with Gasteiger partial charge in [-0.05, 0) is 42.0 Å². The summed E-state index contributed by atoms with van der Waals surface area (Å²) in [5.74, 6) is -0.0877. The summed E-state index contributed by atoms with van der Waals surface area (Å²) in [6.07, 6.45) is 2.68. The summed E-state index contributed by atoms with van der Waals surface area (Å²) in [4.78, 5) is 35.3. The number of amides is 1. The summed E-state index contributed by atoms with van der Waals surface area (Å²) in [5, 5.41) is 14.5. The number of nitro benzene ring substituents is 1. The maximum atomic E-state index is 12.5.